The van der Waals surface area contributed by atoms with Crippen LogP contribution in [0.25, 0.3) is 27.8 Å². The molecule has 0 aliphatic heterocycles. The van der Waals surface area contributed by atoms with Crippen LogP contribution >= 0.6 is 15.9 Å². The number of hydrogen-bond acceptors (Lipinski definition) is 7. The normalized spacial score (nSPS) is 12.5. The van der Waals surface area contributed by atoms with Crippen LogP contribution in [0.3, 0.4) is 0 Å². The van der Waals surface area contributed by atoms with E-state index in [2.05, 4.69) is 27.8 Å². The van der Waals surface area contributed by atoms with Gasteiger partial charge in [0.2, 0.25) is 0 Å². The summed E-state index contributed by atoms with van der Waals surface area (Å²) < 4.78 is 42.0. The molecule has 0 amide bonds. The van der Waals surface area contributed by atoms with E-state index in [0.29, 0.717) is 68.0 Å². The Bertz CT molecular complexity index is 1730. The summed E-state index contributed by atoms with van der Waals surface area (Å²) in [5.74, 6) is 1.38. The second-order valence-electron chi connectivity index (χ2n) is 11.2. The summed E-state index contributed by atoms with van der Waals surface area (Å²) in [5, 5.41) is 10.2. The number of halogens is 3. The predicted molar refractivity (Wildman–Crippen MR) is 190 cm³/mol. The molecule has 0 bridgehead atoms. The molecule has 4 rings (SSSR count). The number of hydrogen-bond donors (Lipinski definition) is 2. The monoisotopic (exact) mass is 706 g/mol. The topological polar surface area (TPSA) is 84.1 Å². The molecule has 0 fully saturated rings. The smallest absolute Gasteiger partial charge is 0.161 e. The van der Waals surface area contributed by atoms with Crippen LogP contribution in [-0.2, 0) is 0 Å². The van der Waals surface area contributed by atoms with Crippen molar-refractivity contribution < 1.29 is 23.5 Å². The van der Waals surface area contributed by atoms with E-state index in [1.54, 1.807) is 69.9 Å². The maximum absolute atomic E-state index is 15.8. The van der Waals surface area contributed by atoms with Gasteiger partial charge in [-0.05, 0) is 85.4 Å². The van der Waals surface area contributed by atoms with Crippen molar-refractivity contribution in [2.75, 3.05) is 38.2 Å². The minimum atomic E-state index is -0.353. The Morgan fingerprint density at radius 1 is 0.957 bits per heavy atom. The van der Waals surface area contributed by atoms with Crippen molar-refractivity contribution in [2.45, 2.75) is 33.6 Å². The lowest BCUT2D eigenvalue weighted by Crippen LogP contribution is -2.23. The highest BCUT2D eigenvalue weighted by molar-refractivity contribution is 9.10. The summed E-state index contributed by atoms with van der Waals surface area (Å²) in [5.41, 5.74) is 11.3. The summed E-state index contributed by atoms with van der Waals surface area (Å²) >= 11 is 3.30. The van der Waals surface area contributed by atoms with Gasteiger partial charge in [0.1, 0.15) is 11.6 Å². The number of pyridine rings is 1. The molecule has 0 radical (unpaired) electrons. The zero-order chi connectivity index (χ0) is 34.1. The molecule has 3 N–H and O–H groups in total. The molecule has 10 heteroatoms. The zero-order valence-corrected chi connectivity index (χ0v) is 28.9. The highest BCUT2D eigenvalue weighted by Gasteiger charge is 2.16. The Labute approximate surface area is 284 Å². The molecular formula is C37H41BrF2N4O3. The first kappa shape index (κ1) is 35.4. The van der Waals surface area contributed by atoms with Crippen LogP contribution in [0.1, 0.15) is 39.2 Å². The Balaban J connectivity index is 1.60. The van der Waals surface area contributed by atoms with Gasteiger partial charge in [-0.3, -0.25) is 0 Å². The van der Waals surface area contributed by atoms with E-state index >= 15 is 4.48 Å². The first-order valence-electron chi connectivity index (χ1n) is 15.3. The summed E-state index contributed by atoms with van der Waals surface area (Å²) in [6.07, 6.45) is 6.64. The quantitative estimate of drug-likeness (QED) is 0.127. The number of nitrogen functional groups attached to an aromatic ring is 1. The molecule has 0 saturated heterocycles. The number of aromatic nitrogens is 1. The number of ether oxygens (including phenoxy) is 2. The van der Waals surface area contributed by atoms with Crippen LogP contribution in [0.4, 0.5) is 20.4 Å². The molecule has 1 unspecified atom stereocenters. The number of nitrogens with two attached hydrogens (primary N) is 1. The highest BCUT2D eigenvalue weighted by Crippen LogP contribution is 2.35. The van der Waals surface area contributed by atoms with Gasteiger partial charge in [0.05, 0.1) is 25.6 Å². The largest absolute Gasteiger partial charge is 0.493 e. The Morgan fingerprint density at radius 2 is 1.66 bits per heavy atom. The van der Waals surface area contributed by atoms with Gasteiger partial charge < -0.3 is 25.2 Å². The number of allylic oxidation sites excluding steroid dienone is 2. The number of benzene rings is 3. The molecule has 7 nitrogen and oxygen atoms in total. The fourth-order valence-corrected chi connectivity index (χ4v) is 5.65. The van der Waals surface area contributed by atoms with Crippen LogP contribution in [-0.4, -0.2) is 42.4 Å². The van der Waals surface area contributed by atoms with Gasteiger partial charge in [-0.15, -0.1) is 0 Å². The lowest BCUT2D eigenvalue weighted by molar-refractivity contribution is 0.238. The van der Waals surface area contributed by atoms with Crippen LogP contribution in [0.15, 0.2) is 95.5 Å². The first-order chi connectivity index (χ1) is 22.6. The lowest BCUT2D eigenvalue weighted by atomic mass is 10.0. The average molecular weight is 708 g/mol. The van der Waals surface area contributed by atoms with Crippen molar-refractivity contribution in [1.82, 2.24) is 9.88 Å². The van der Waals surface area contributed by atoms with E-state index in [0.717, 1.165) is 23.1 Å². The summed E-state index contributed by atoms with van der Waals surface area (Å²) in [4.78, 5) is 6.27. The number of anilines is 2. The number of aliphatic hydroxyl groups is 1. The van der Waals surface area contributed by atoms with E-state index < -0.39 is 0 Å². The van der Waals surface area contributed by atoms with Crippen molar-refractivity contribution in [3.63, 3.8) is 0 Å². The Hall–Kier alpha value is -4.41. The summed E-state index contributed by atoms with van der Waals surface area (Å²) in [6.45, 7) is 6.13. The van der Waals surface area contributed by atoms with E-state index in [1.165, 1.54) is 6.07 Å². The summed E-state index contributed by atoms with van der Waals surface area (Å²) in [6, 6.07) is 19.4. The second-order valence-corrected chi connectivity index (χ2v) is 12.2. The van der Waals surface area contributed by atoms with Crippen LogP contribution in [0, 0.1) is 11.7 Å². The Morgan fingerprint density at radius 3 is 2.30 bits per heavy atom. The molecule has 0 aliphatic carbocycles. The molecule has 248 valence electrons. The molecule has 1 atom stereocenters. The van der Waals surface area contributed by atoms with E-state index in [9.17, 15) is 9.50 Å². The number of nitrogens with zero attached hydrogens (tertiary/aromatic N) is 3. The predicted octanol–water partition coefficient (Wildman–Crippen LogP) is 9.24. The van der Waals surface area contributed by atoms with Crippen molar-refractivity contribution in [3.05, 3.63) is 107 Å². The third-order valence-corrected chi connectivity index (χ3v) is 8.50. The first-order valence-corrected chi connectivity index (χ1v) is 16.1. The minimum absolute atomic E-state index is 0.0535. The third kappa shape index (κ3) is 8.90. The SMILES string of the molecule is CCC(CCO)CN(/C=C(\C)c1ccc(Br)cc1F)/C=C(\C)N(F)c1ccc(-c2cc(-c3ccc(OC)c(OC)c3)cnc2N)cc1. The molecule has 47 heavy (non-hydrogen) atoms. The maximum atomic E-state index is 15.8. The highest BCUT2D eigenvalue weighted by atomic mass is 79.9. The molecule has 1 heterocycles. The van der Waals surface area contributed by atoms with Gasteiger partial charge in [0.15, 0.2) is 11.5 Å². The standard InChI is InChI=1S/C37H41BrF2N4O3/c1-6-26(15-16-45)23-43(21-24(2)32-13-10-30(38)19-34(32)39)22-25(3)44(40)31-11-7-27(8-12-31)33-17-29(20-42-37(33)41)28-9-14-35(46-4)36(18-28)47-5/h7-14,17-22,26,45H,6,15-16,23H2,1-5H3,(H2,41,42)/b24-21+,25-22+. The van der Waals surface area contributed by atoms with Gasteiger partial charge in [-0.2, -0.15) is 5.12 Å². The van der Waals surface area contributed by atoms with Crippen molar-refractivity contribution in [1.29, 1.82) is 0 Å². The molecule has 4 aromatic rings. The molecule has 0 aliphatic rings. The van der Waals surface area contributed by atoms with Crippen molar-refractivity contribution in [3.8, 4) is 33.8 Å². The van der Waals surface area contributed by atoms with Crippen molar-refractivity contribution >= 4 is 33.0 Å². The second kappa shape index (κ2) is 16.4. The summed E-state index contributed by atoms with van der Waals surface area (Å²) in [7, 11) is 3.17. The number of aliphatic hydroxyl groups excluding tert-OH is 1. The van der Waals surface area contributed by atoms with E-state index in [1.807, 2.05) is 42.3 Å². The maximum Gasteiger partial charge on any atom is 0.161 e. The minimum Gasteiger partial charge on any atom is -0.493 e. The zero-order valence-electron chi connectivity index (χ0n) is 27.3. The van der Waals surface area contributed by atoms with Gasteiger partial charge in [0.25, 0.3) is 0 Å². The van der Waals surface area contributed by atoms with Gasteiger partial charge >= 0.3 is 0 Å². The molecular weight excluding hydrogens is 666 g/mol. The van der Waals surface area contributed by atoms with Crippen LogP contribution in [0.5, 0.6) is 11.5 Å². The number of rotatable bonds is 14. The molecule has 0 saturated carbocycles. The van der Waals surface area contributed by atoms with Crippen LogP contribution in [0.2, 0.25) is 0 Å². The molecule has 3 aromatic carbocycles. The molecule has 0 spiro atoms. The fraction of sp³-hybridized carbons (Fsp3) is 0.270. The van der Waals surface area contributed by atoms with Crippen molar-refractivity contribution in [2.24, 2.45) is 5.92 Å². The Kier molecular flexibility index (Phi) is 12.4. The van der Waals surface area contributed by atoms with E-state index in [4.69, 9.17) is 15.2 Å². The lowest BCUT2D eigenvalue weighted by Gasteiger charge is -2.25. The van der Waals surface area contributed by atoms with Gasteiger partial charge in [0, 0.05) is 52.9 Å². The third-order valence-electron chi connectivity index (χ3n) is 8.00. The fourth-order valence-electron chi connectivity index (χ4n) is 5.32. The van der Waals surface area contributed by atoms with Gasteiger partial charge in [-0.1, -0.05) is 58.0 Å². The van der Waals surface area contributed by atoms with Crippen LogP contribution < -0.4 is 20.3 Å². The average Bonchev–Trinajstić information content (AvgIpc) is 3.07. The number of methoxy groups -OCH3 is 2. The molecule has 1 aromatic heterocycles. The van der Waals surface area contributed by atoms with E-state index in [-0.39, 0.29) is 18.3 Å². The van der Waals surface area contributed by atoms with Gasteiger partial charge in [-0.25, -0.2) is 9.37 Å².